The number of amides is 1. The minimum Gasteiger partial charge on any atom is -0.370 e. The molecule has 21 heavy (non-hydrogen) atoms. The zero-order valence-electron chi connectivity index (χ0n) is 11.7. The molecule has 1 heterocycles. The number of nitrogens with one attached hydrogen (secondary N) is 2. The van der Waals surface area contributed by atoms with Crippen LogP contribution in [0.4, 0.5) is 15.9 Å². The van der Waals surface area contributed by atoms with Crippen molar-refractivity contribution in [2.24, 2.45) is 0 Å². The van der Waals surface area contributed by atoms with Gasteiger partial charge in [-0.25, -0.2) is 9.37 Å². The van der Waals surface area contributed by atoms with E-state index in [9.17, 15) is 9.18 Å². The van der Waals surface area contributed by atoms with E-state index in [4.69, 9.17) is 11.6 Å². The van der Waals surface area contributed by atoms with Gasteiger partial charge in [-0.1, -0.05) is 17.7 Å². The lowest BCUT2D eigenvalue weighted by molar-refractivity contribution is 0.102. The largest absolute Gasteiger partial charge is 0.370 e. The Morgan fingerprint density at radius 3 is 2.86 bits per heavy atom. The van der Waals surface area contributed by atoms with E-state index >= 15 is 0 Å². The van der Waals surface area contributed by atoms with E-state index < -0.39 is 0 Å². The molecule has 0 saturated heterocycles. The number of aromatic nitrogens is 1. The lowest BCUT2D eigenvalue weighted by Gasteiger charge is -2.10. The molecule has 0 aliphatic heterocycles. The maximum Gasteiger partial charge on any atom is 0.255 e. The number of hydrogen-bond acceptors (Lipinski definition) is 3. The van der Waals surface area contributed by atoms with Crippen molar-refractivity contribution in [3.05, 3.63) is 52.4 Å². The third-order valence-corrected chi connectivity index (χ3v) is 3.12. The van der Waals surface area contributed by atoms with Gasteiger partial charge in [-0.05, 0) is 38.1 Å². The van der Waals surface area contributed by atoms with Crippen molar-refractivity contribution in [2.45, 2.75) is 13.8 Å². The van der Waals surface area contributed by atoms with Crippen LogP contribution in [0.2, 0.25) is 5.15 Å². The summed E-state index contributed by atoms with van der Waals surface area (Å²) in [7, 11) is 0. The molecule has 0 spiro atoms. The van der Waals surface area contributed by atoms with Gasteiger partial charge >= 0.3 is 0 Å². The van der Waals surface area contributed by atoms with Gasteiger partial charge in [0.05, 0.1) is 0 Å². The molecule has 1 amide bonds. The lowest BCUT2D eigenvalue weighted by Crippen LogP contribution is -2.14. The average molecular weight is 308 g/mol. The summed E-state index contributed by atoms with van der Waals surface area (Å²) in [6.07, 6.45) is 0. The molecule has 110 valence electrons. The normalized spacial score (nSPS) is 10.3. The second kappa shape index (κ2) is 6.54. The lowest BCUT2D eigenvalue weighted by atomic mass is 10.1. The van der Waals surface area contributed by atoms with Crippen LogP contribution >= 0.6 is 11.6 Å². The molecule has 1 aromatic heterocycles. The van der Waals surface area contributed by atoms with Crippen molar-refractivity contribution in [2.75, 3.05) is 17.2 Å². The van der Waals surface area contributed by atoms with Crippen LogP contribution in [-0.4, -0.2) is 17.4 Å². The highest BCUT2D eigenvalue weighted by Crippen LogP contribution is 2.20. The Hall–Kier alpha value is -2.14. The minimum atomic E-state index is -0.368. The highest BCUT2D eigenvalue weighted by molar-refractivity contribution is 6.30. The van der Waals surface area contributed by atoms with Gasteiger partial charge in [0.2, 0.25) is 0 Å². The summed E-state index contributed by atoms with van der Waals surface area (Å²) in [5, 5.41) is 5.88. The van der Waals surface area contributed by atoms with Gasteiger partial charge in [-0.15, -0.1) is 0 Å². The summed E-state index contributed by atoms with van der Waals surface area (Å²) < 4.78 is 13.5. The predicted octanol–water partition coefficient (Wildman–Crippen LogP) is 3.87. The molecule has 0 aliphatic carbocycles. The molecule has 6 heteroatoms. The first-order chi connectivity index (χ1) is 10.0. The van der Waals surface area contributed by atoms with Crippen LogP contribution in [0.25, 0.3) is 0 Å². The highest BCUT2D eigenvalue weighted by Gasteiger charge is 2.12. The van der Waals surface area contributed by atoms with Gasteiger partial charge in [-0.3, -0.25) is 4.79 Å². The SMILES string of the molecule is CCNc1cc(C(=O)Nc2cccc(F)c2C)cc(Cl)n1. The van der Waals surface area contributed by atoms with Gasteiger partial charge in [-0.2, -0.15) is 0 Å². The van der Waals surface area contributed by atoms with Gasteiger partial charge in [0.25, 0.3) is 5.91 Å². The average Bonchev–Trinajstić information content (AvgIpc) is 2.43. The van der Waals surface area contributed by atoms with Crippen LogP contribution in [0, 0.1) is 12.7 Å². The maximum atomic E-state index is 13.5. The van der Waals surface area contributed by atoms with Crippen molar-refractivity contribution in [3.8, 4) is 0 Å². The summed E-state index contributed by atoms with van der Waals surface area (Å²) in [4.78, 5) is 16.3. The Labute approximate surface area is 127 Å². The zero-order valence-corrected chi connectivity index (χ0v) is 12.5. The Morgan fingerprint density at radius 2 is 2.14 bits per heavy atom. The van der Waals surface area contributed by atoms with Gasteiger partial charge in [0.1, 0.15) is 16.8 Å². The van der Waals surface area contributed by atoms with Crippen molar-refractivity contribution in [3.63, 3.8) is 0 Å². The van der Waals surface area contributed by atoms with E-state index in [0.29, 0.717) is 29.2 Å². The van der Waals surface area contributed by atoms with E-state index in [1.54, 1.807) is 25.1 Å². The maximum absolute atomic E-state index is 13.5. The van der Waals surface area contributed by atoms with Crippen LogP contribution in [0.1, 0.15) is 22.8 Å². The number of anilines is 2. The zero-order chi connectivity index (χ0) is 15.4. The molecule has 0 aliphatic rings. The van der Waals surface area contributed by atoms with Crippen LogP contribution < -0.4 is 10.6 Å². The molecule has 2 rings (SSSR count). The molecular weight excluding hydrogens is 293 g/mol. The molecule has 0 fully saturated rings. The molecule has 0 atom stereocenters. The quantitative estimate of drug-likeness (QED) is 0.843. The Bertz CT molecular complexity index is 676. The van der Waals surface area contributed by atoms with Gasteiger partial charge in [0.15, 0.2) is 0 Å². The number of pyridine rings is 1. The highest BCUT2D eigenvalue weighted by atomic mass is 35.5. The third kappa shape index (κ3) is 3.70. The summed E-state index contributed by atoms with van der Waals surface area (Å²) in [6, 6.07) is 7.59. The van der Waals surface area contributed by atoms with Gasteiger partial charge in [0, 0.05) is 23.4 Å². The summed E-state index contributed by atoms with van der Waals surface area (Å²) in [6.45, 7) is 4.18. The fraction of sp³-hybridized carbons (Fsp3) is 0.200. The van der Waals surface area contributed by atoms with E-state index in [0.717, 1.165) is 0 Å². The third-order valence-electron chi connectivity index (χ3n) is 2.93. The number of hydrogen-bond donors (Lipinski definition) is 2. The predicted molar refractivity (Wildman–Crippen MR) is 82.5 cm³/mol. The molecule has 0 radical (unpaired) electrons. The van der Waals surface area contributed by atoms with Crippen LogP contribution in [0.15, 0.2) is 30.3 Å². The van der Waals surface area contributed by atoms with Crippen molar-refractivity contribution in [1.82, 2.24) is 4.98 Å². The van der Waals surface area contributed by atoms with Crippen molar-refractivity contribution < 1.29 is 9.18 Å². The van der Waals surface area contributed by atoms with Gasteiger partial charge < -0.3 is 10.6 Å². The molecular formula is C15H15ClFN3O. The molecule has 2 N–H and O–H groups in total. The van der Waals surface area contributed by atoms with E-state index in [1.807, 2.05) is 6.92 Å². The Kier molecular flexibility index (Phi) is 4.75. The summed E-state index contributed by atoms with van der Waals surface area (Å²) in [5.74, 6) is -0.216. The number of halogens is 2. The number of carbonyl (C=O) groups is 1. The fourth-order valence-electron chi connectivity index (χ4n) is 1.84. The first-order valence-electron chi connectivity index (χ1n) is 6.49. The smallest absolute Gasteiger partial charge is 0.255 e. The Balaban J connectivity index is 2.26. The standard InChI is InChI=1S/C15H15ClFN3O/c1-3-18-14-8-10(7-13(16)20-14)15(21)19-12-6-4-5-11(17)9(12)2/h4-8H,3H2,1-2H3,(H,18,20)(H,19,21). The summed E-state index contributed by atoms with van der Waals surface area (Å²) in [5.41, 5.74) is 1.17. The van der Waals surface area contributed by atoms with Crippen LogP contribution in [0.3, 0.4) is 0 Å². The first-order valence-corrected chi connectivity index (χ1v) is 6.87. The van der Waals surface area contributed by atoms with Crippen LogP contribution in [-0.2, 0) is 0 Å². The second-order valence-electron chi connectivity index (χ2n) is 4.46. The second-order valence-corrected chi connectivity index (χ2v) is 4.85. The van der Waals surface area contributed by atoms with Crippen molar-refractivity contribution in [1.29, 1.82) is 0 Å². The van der Waals surface area contributed by atoms with E-state index in [-0.39, 0.29) is 16.9 Å². The number of rotatable bonds is 4. The molecule has 0 bridgehead atoms. The van der Waals surface area contributed by atoms with Crippen LogP contribution in [0.5, 0.6) is 0 Å². The monoisotopic (exact) mass is 307 g/mol. The molecule has 0 unspecified atom stereocenters. The molecule has 1 aromatic carbocycles. The topological polar surface area (TPSA) is 54.0 Å². The Morgan fingerprint density at radius 1 is 1.38 bits per heavy atom. The van der Waals surface area contributed by atoms with Crippen molar-refractivity contribution >= 4 is 29.0 Å². The summed E-state index contributed by atoms with van der Waals surface area (Å²) >= 11 is 5.90. The van der Waals surface area contributed by atoms with E-state index in [1.165, 1.54) is 12.1 Å². The number of nitrogens with zero attached hydrogens (tertiary/aromatic N) is 1. The molecule has 2 aromatic rings. The number of carbonyl (C=O) groups excluding carboxylic acids is 1. The molecule has 0 saturated carbocycles. The number of benzene rings is 1. The minimum absolute atomic E-state index is 0.217. The molecule has 4 nitrogen and oxygen atoms in total. The fourth-order valence-corrected chi connectivity index (χ4v) is 2.05. The van der Waals surface area contributed by atoms with E-state index in [2.05, 4.69) is 15.6 Å². The first kappa shape index (κ1) is 15.3.